The van der Waals surface area contributed by atoms with Crippen LogP contribution in [0.5, 0.6) is 0 Å². The third-order valence-electron chi connectivity index (χ3n) is 5.04. The zero-order valence-electron chi connectivity index (χ0n) is 18.4. The van der Waals surface area contributed by atoms with Gasteiger partial charge in [-0.3, -0.25) is 14.1 Å². The number of rotatable bonds is 7. The van der Waals surface area contributed by atoms with Crippen LogP contribution in [-0.2, 0) is 6.54 Å². The number of pyridine rings is 1. The molecule has 0 aliphatic heterocycles. The number of aromatic nitrogens is 5. The maximum atomic E-state index is 10.3. The topological polar surface area (TPSA) is 156 Å². The second-order valence-electron chi connectivity index (χ2n) is 7.68. The number of nitrogens with two attached hydrogens (primary N) is 1. The molecule has 10 nitrogen and oxygen atoms in total. The fraction of sp³-hybridized carbons (Fsp3) is 0.227. The molecule has 4 aromatic rings. The highest BCUT2D eigenvalue weighted by Crippen LogP contribution is 2.50. The van der Waals surface area contributed by atoms with Gasteiger partial charge in [0.1, 0.15) is 5.82 Å². The third-order valence-corrected chi connectivity index (χ3v) is 7.19. The summed E-state index contributed by atoms with van der Waals surface area (Å²) >= 11 is 0. The largest absolute Gasteiger partial charge is 0.416 e. The van der Waals surface area contributed by atoms with Crippen LogP contribution < -0.4 is 11.1 Å². The smallest absolute Gasteiger partial charge is 0.251 e. The van der Waals surface area contributed by atoms with Crippen LogP contribution in [0.1, 0.15) is 19.4 Å². The lowest BCUT2D eigenvalue weighted by Gasteiger charge is -2.34. The van der Waals surface area contributed by atoms with E-state index in [2.05, 4.69) is 30.5 Å². The molecule has 3 aromatic heterocycles. The molecular weight excluding hydrogens is 442 g/mol. The van der Waals surface area contributed by atoms with Gasteiger partial charge in [-0.1, -0.05) is 12.1 Å². The van der Waals surface area contributed by atoms with Gasteiger partial charge in [-0.15, -0.1) is 20.8 Å². The minimum atomic E-state index is -3.01. The summed E-state index contributed by atoms with van der Waals surface area (Å²) in [6.07, 6.45) is 4.39. The van der Waals surface area contributed by atoms with Crippen molar-refractivity contribution in [1.82, 2.24) is 30.5 Å². The minimum Gasteiger partial charge on any atom is -0.416 e. The first kappa shape index (κ1) is 22.8. The van der Waals surface area contributed by atoms with Crippen LogP contribution in [0.3, 0.4) is 0 Å². The highest BCUT2D eigenvalue weighted by atomic mass is 32.3. The number of nitrogens with one attached hydrogen (secondary N) is 1. The van der Waals surface area contributed by atoms with E-state index in [0.29, 0.717) is 22.7 Å². The molecule has 0 aliphatic carbocycles. The van der Waals surface area contributed by atoms with Crippen molar-refractivity contribution >= 4 is 16.4 Å². The fourth-order valence-corrected chi connectivity index (χ4v) is 3.97. The molecule has 0 amide bonds. The summed E-state index contributed by atoms with van der Waals surface area (Å²) in [6, 6.07) is 9.55. The molecule has 0 saturated carbocycles. The maximum absolute atomic E-state index is 10.3. The third kappa shape index (κ3) is 4.71. The quantitative estimate of drug-likeness (QED) is 0.312. The molecule has 4 rings (SSSR count). The van der Waals surface area contributed by atoms with E-state index < -0.39 is 10.6 Å². The summed E-state index contributed by atoms with van der Waals surface area (Å²) in [5.74, 6) is 0.834. The first-order chi connectivity index (χ1) is 15.8. The number of benzene rings is 1. The van der Waals surface area contributed by atoms with Gasteiger partial charge >= 0.3 is 0 Å². The maximum Gasteiger partial charge on any atom is 0.251 e. The molecule has 172 valence electrons. The van der Waals surface area contributed by atoms with Crippen molar-refractivity contribution in [3.05, 3.63) is 54.5 Å². The Morgan fingerprint density at radius 3 is 2.33 bits per heavy atom. The monoisotopic (exact) mass is 467 g/mol. The Morgan fingerprint density at radius 1 is 0.970 bits per heavy atom. The van der Waals surface area contributed by atoms with Crippen molar-refractivity contribution in [1.29, 1.82) is 0 Å². The van der Waals surface area contributed by atoms with Gasteiger partial charge in [0, 0.05) is 29.1 Å². The molecule has 11 heteroatoms. The molecule has 0 aliphatic rings. The highest BCUT2D eigenvalue weighted by molar-refractivity contribution is 8.24. The number of nitrogens with zero attached hydrogens (tertiary/aromatic N) is 5. The van der Waals surface area contributed by atoms with Gasteiger partial charge in [0.15, 0.2) is 5.03 Å². The van der Waals surface area contributed by atoms with Crippen molar-refractivity contribution in [2.75, 3.05) is 12.8 Å². The Morgan fingerprint density at radius 2 is 1.70 bits per heavy atom. The molecule has 33 heavy (non-hydrogen) atoms. The van der Waals surface area contributed by atoms with E-state index in [1.807, 2.05) is 31.3 Å². The van der Waals surface area contributed by atoms with Crippen LogP contribution >= 0.6 is 10.6 Å². The number of nitrogen functional groups attached to an aromatic ring is 1. The first-order valence-electron chi connectivity index (χ1n) is 10.2. The van der Waals surface area contributed by atoms with Gasteiger partial charge in [0.2, 0.25) is 5.89 Å². The Hall–Kier alpha value is -3.38. The fourth-order valence-electron chi connectivity index (χ4n) is 3.07. The van der Waals surface area contributed by atoms with E-state index in [4.69, 9.17) is 10.2 Å². The van der Waals surface area contributed by atoms with E-state index in [1.54, 1.807) is 26.1 Å². The van der Waals surface area contributed by atoms with E-state index >= 15 is 0 Å². The van der Waals surface area contributed by atoms with E-state index in [1.165, 1.54) is 12.4 Å². The molecule has 0 unspecified atom stereocenters. The van der Waals surface area contributed by atoms with Crippen LogP contribution in [0, 0.1) is 0 Å². The van der Waals surface area contributed by atoms with Crippen molar-refractivity contribution in [3.8, 4) is 34.2 Å². The van der Waals surface area contributed by atoms with Crippen molar-refractivity contribution in [3.63, 3.8) is 0 Å². The van der Waals surface area contributed by atoms with Crippen LogP contribution in [0.4, 0.5) is 5.82 Å². The summed E-state index contributed by atoms with van der Waals surface area (Å²) in [5.41, 5.74) is 9.59. The van der Waals surface area contributed by atoms with Crippen LogP contribution in [0.2, 0.25) is 0 Å². The molecule has 5 N–H and O–H groups in total. The van der Waals surface area contributed by atoms with Crippen molar-refractivity contribution in [2.45, 2.75) is 30.7 Å². The second kappa shape index (κ2) is 9.24. The van der Waals surface area contributed by atoms with Gasteiger partial charge < -0.3 is 15.5 Å². The zero-order valence-corrected chi connectivity index (χ0v) is 19.2. The van der Waals surface area contributed by atoms with Gasteiger partial charge in [-0.25, -0.2) is 9.97 Å². The van der Waals surface area contributed by atoms with Crippen LogP contribution in [-0.4, -0.2) is 46.6 Å². The molecule has 0 bridgehead atoms. The molecule has 0 saturated heterocycles. The highest BCUT2D eigenvalue weighted by Gasteiger charge is 2.22. The predicted molar refractivity (Wildman–Crippen MR) is 127 cm³/mol. The van der Waals surface area contributed by atoms with E-state index in [-0.39, 0.29) is 22.0 Å². The van der Waals surface area contributed by atoms with Gasteiger partial charge in [-0.2, -0.15) is 0 Å². The normalized spacial score (nSPS) is 12.3. The molecule has 0 atom stereocenters. The predicted octanol–water partition coefficient (Wildman–Crippen LogP) is 4.08. The van der Waals surface area contributed by atoms with E-state index in [0.717, 1.165) is 17.7 Å². The lowest BCUT2D eigenvalue weighted by Crippen LogP contribution is -2.12. The van der Waals surface area contributed by atoms with Crippen molar-refractivity contribution < 1.29 is 13.5 Å². The van der Waals surface area contributed by atoms with Gasteiger partial charge in [-0.05, 0) is 44.7 Å². The molecular formula is C22H25N7O3S. The van der Waals surface area contributed by atoms with Crippen LogP contribution in [0.15, 0.2) is 58.4 Å². The molecule has 0 spiro atoms. The SMILES string of the molecule is CNCc1ccc(-c2nnc(-c3cc(-c4cnc(S(O)(O)C(C)C)cn4)cnc3N)o2)cc1. The van der Waals surface area contributed by atoms with Gasteiger partial charge in [0.25, 0.3) is 5.89 Å². The lowest BCUT2D eigenvalue weighted by atomic mass is 10.1. The average molecular weight is 468 g/mol. The van der Waals surface area contributed by atoms with E-state index in [9.17, 15) is 9.11 Å². The first-order valence-corrected chi connectivity index (χ1v) is 11.8. The van der Waals surface area contributed by atoms with Crippen molar-refractivity contribution in [2.24, 2.45) is 0 Å². The van der Waals surface area contributed by atoms with Crippen LogP contribution in [0.25, 0.3) is 34.2 Å². The Balaban J connectivity index is 1.62. The summed E-state index contributed by atoms with van der Waals surface area (Å²) in [7, 11) is -1.12. The number of hydrogen-bond acceptors (Lipinski definition) is 10. The average Bonchev–Trinajstić information content (AvgIpc) is 3.30. The molecule has 0 fully saturated rings. The Labute approximate surface area is 192 Å². The molecule has 1 aromatic carbocycles. The zero-order chi connectivity index (χ0) is 23.6. The Bertz CT molecular complexity index is 1240. The number of hydrogen-bond donors (Lipinski definition) is 4. The molecule has 0 radical (unpaired) electrons. The standard InChI is InChI=1S/C22H25N7O3S/c1-13(2)33(30,31)19-12-25-18(11-26-19)16-8-17(20(23)27-10-16)22-29-28-21(32-22)15-6-4-14(5-7-15)9-24-3/h4-8,10-13,24,30-31H,9H2,1-3H3,(H2,23,27). The van der Waals surface area contributed by atoms with Gasteiger partial charge in [0.05, 0.1) is 23.7 Å². The summed E-state index contributed by atoms with van der Waals surface area (Å²) in [5, 5.41) is 11.2. The lowest BCUT2D eigenvalue weighted by molar-refractivity contribution is 0.471. The summed E-state index contributed by atoms with van der Waals surface area (Å²) in [6.45, 7) is 4.21. The second-order valence-corrected chi connectivity index (χ2v) is 10.2. The summed E-state index contributed by atoms with van der Waals surface area (Å²) < 4.78 is 26.4. The molecule has 3 heterocycles. The summed E-state index contributed by atoms with van der Waals surface area (Å²) in [4.78, 5) is 12.7. The number of anilines is 1. The minimum absolute atomic E-state index is 0.146. The Kier molecular flexibility index (Phi) is 6.38.